The second kappa shape index (κ2) is 5.94. The zero-order valence-corrected chi connectivity index (χ0v) is 10.8. The number of rotatable bonds is 4. The predicted molar refractivity (Wildman–Crippen MR) is 70.9 cm³/mol. The molecule has 1 heterocycles. The van der Waals surface area contributed by atoms with E-state index in [9.17, 15) is 4.39 Å². The molecule has 4 heteroatoms. The quantitative estimate of drug-likeness (QED) is 0.910. The van der Waals surface area contributed by atoms with Gasteiger partial charge >= 0.3 is 0 Å². The maximum Gasteiger partial charge on any atom is 0.141 e. The lowest BCUT2D eigenvalue weighted by Gasteiger charge is -2.13. The molecule has 2 nitrogen and oxygen atoms in total. The van der Waals surface area contributed by atoms with Crippen molar-refractivity contribution in [2.24, 2.45) is 0 Å². The van der Waals surface area contributed by atoms with Gasteiger partial charge in [0.2, 0.25) is 0 Å². The third-order valence-corrected chi connectivity index (χ3v) is 3.02. The Morgan fingerprint density at radius 3 is 2.83 bits per heavy atom. The minimum absolute atomic E-state index is 0.134. The first-order valence-corrected chi connectivity index (χ1v) is 6.13. The van der Waals surface area contributed by atoms with Crippen LogP contribution in [0.3, 0.4) is 0 Å². The van der Waals surface area contributed by atoms with Crippen molar-refractivity contribution in [1.29, 1.82) is 0 Å². The monoisotopic (exact) mass is 264 g/mol. The molecule has 0 fully saturated rings. The lowest BCUT2D eigenvalue weighted by molar-refractivity contribution is 0.560. The first-order chi connectivity index (χ1) is 8.66. The zero-order valence-electron chi connectivity index (χ0n) is 10.0. The van der Waals surface area contributed by atoms with Crippen molar-refractivity contribution in [2.75, 3.05) is 0 Å². The molecule has 1 N–H and O–H groups in total. The highest BCUT2D eigenvalue weighted by molar-refractivity contribution is 6.30. The van der Waals surface area contributed by atoms with Crippen molar-refractivity contribution in [3.05, 3.63) is 64.7 Å². The Hall–Kier alpha value is -1.45. The molecule has 1 aromatic carbocycles. The van der Waals surface area contributed by atoms with Crippen LogP contribution in [0.2, 0.25) is 5.02 Å². The molecule has 2 rings (SSSR count). The fourth-order valence-electron chi connectivity index (χ4n) is 1.66. The highest BCUT2D eigenvalue weighted by Gasteiger charge is 2.06. The van der Waals surface area contributed by atoms with E-state index in [-0.39, 0.29) is 11.1 Å². The lowest BCUT2D eigenvalue weighted by Crippen LogP contribution is -2.18. The summed E-state index contributed by atoms with van der Waals surface area (Å²) in [5, 5.41) is 3.47. The van der Waals surface area contributed by atoms with Crippen molar-refractivity contribution < 1.29 is 4.39 Å². The summed E-state index contributed by atoms with van der Waals surface area (Å²) in [5.74, 6) is -0.391. The van der Waals surface area contributed by atoms with Crippen LogP contribution < -0.4 is 5.32 Å². The van der Waals surface area contributed by atoms with E-state index < -0.39 is 5.82 Å². The van der Waals surface area contributed by atoms with Crippen molar-refractivity contribution in [2.45, 2.75) is 19.5 Å². The second-order valence-corrected chi connectivity index (χ2v) is 4.51. The number of hydrogen-bond donors (Lipinski definition) is 1. The molecule has 0 amide bonds. The number of benzene rings is 1. The molecule has 0 aliphatic carbocycles. The molecule has 0 spiro atoms. The molecule has 1 aromatic heterocycles. The summed E-state index contributed by atoms with van der Waals surface area (Å²) in [7, 11) is 0. The van der Waals surface area contributed by atoms with Crippen LogP contribution >= 0.6 is 11.6 Å². The van der Waals surface area contributed by atoms with Gasteiger partial charge < -0.3 is 5.32 Å². The first-order valence-electron chi connectivity index (χ1n) is 5.75. The lowest BCUT2D eigenvalue weighted by atomic mass is 10.2. The van der Waals surface area contributed by atoms with E-state index >= 15 is 0 Å². The predicted octanol–water partition coefficient (Wildman–Crippen LogP) is 3.72. The smallest absolute Gasteiger partial charge is 0.141 e. The molecule has 0 aliphatic rings. The Kier molecular flexibility index (Phi) is 4.28. The van der Waals surface area contributed by atoms with Gasteiger partial charge in [0.05, 0.1) is 10.7 Å². The summed E-state index contributed by atoms with van der Waals surface area (Å²) >= 11 is 5.73. The van der Waals surface area contributed by atoms with E-state index in [2.05, 4.69) is 10.3 Å². The summed E-state index contributed by atoms with van der Waals surface area (Å²) in [5.41, 5.74) is 1.93. The Bertz CT molecular complexity index is 516. The number of pyridine rings is 1. The minimum atomic E-state index is -0.391. The third kappa shape index (κ3) is 3.28. The van der Waals surface area contributed by atoms with Crippen molar-refractivity contribution in [1.82, 2.24) is 10.3 Å². The van der Waals surface area contributed by atoms with Crippen LogP contribution in [-0.2, 0) is 6.54 Å². The molecule has 0 unspecified atom stereocenters. The van der Waals surface area contributed by atoms with Gasteiger partial charge in [-0.1, -0.05) is 23.7 Å². The van der Waals surface area contributed by atoms with Gasteiger partial charge in [-0.3, -0.25) is 4.98 Å². The Morgan fingerprint density at radius 2 is 2.17 bits per heavy atom. The average Bonchev–Trinajstić information content (AvgIpc) is 2.41. The number of nitrogens with one attached hydrogen (secondary N) is 1. The fraction of sp³-hybridized carbons (Fsp3) is 0.214. The molecule has 94 valence electrons. The van der Waals surface area contributed by atoms with Gasteiger partial charge in [-0.15, -0.1) is 0 Å². The summed E-state index contributed by atoms with van der Waals surface area (Å²) < 4.78 is 13.0. The molecule has 1 atom stereocenters. The maximum atomic E-state index is 13.0. The van der Waals surface area contributed by atoms with Crippen LogP contribution in [-0.4, -0.2) is 4.98 Å². The molecule has 2 aromatic rings. The van der Waals surface area contributed by atoms with Crippen molar-refractivity contribution in [3.63, 3.8) is 0 Å². The Balaban J connectivity index is 1.97. The largest absolute Gasteiger partial charge is 0.305 e. The highest BCUT2D eigenvalue weighted by Crippen LogP contribution is 2.17. The standard InChI is InChI=1S/C14H14ClFN2/c1-10(14-4-2-3-7-17-14)18-9-11-5-6-13(16)12(15)8-11/h2-8,10,18H,9H2,1H3/t10-/m1/s1. The fourth-order valence-corrected chi connectivity index (χ4v) is 1.86. The third-order valence-electron chi connectivity index (χ3n) is 2.73. The number of nitrogens with zero attached hydrogens (tertiary/aromatic N) is 1. The summed E-state index contributed by atoms with van der Waals surface area (Å²) in [6, 6.07) is 10.7. The molecular formula is C14H14ClFN2. The van der Waals surface area contributed by atoms with Crippen LogP contribution in [0.25, 0.3) is 0 Å². The van der Waals surface area contributed by atoms with Gasteiger partial charge in [0.15, 0.2) is 0 Å². The number of hydrogen-bond acceptors (Lipinski definition) is 2. The van der Waals surface area contributed by atoms with Gasteiger partial charge in [0.25, 0.3) is 0 Å². The molecular weight excluding hydrogens is 251 g/mol. The molecule has 0 saturated heterocycles. The van der Waals surface area contributed by atoms with Crippen LogP contribution in [0.5, 0.6) is 0 Å². The van der Waals surface area contributed by atoms with E-state index in [0.717, 1.165) is 11.3 Å². The zero-order chi connectivity index (χ0) is 13.0. The van der Waals surface area contributed by atoms with E-state index in [4.69, 9.17) is 11.6 Å². The topological polar surface area (TPSA) is 24.9 Å². The van der Waals surface area contributed by atoms with Crippen LogP contribution in [0.1, 0.15) is 24.2 Å². The molecule has 0 bridgehead atoms. The minimum Gasteiger partial charge on any atom is -0.305 e. The van der Waals surface area contributed by atoms with E-state index in [1.54, 1.807) is 18.3 Å². The number of aromatic nitrogens is 1. The maximum absolute atomic E-state index is 13.0. The molecule has 0 radical (unpaired) electrons. The van der Waals surface area contributed by atoms with E-state index in [0.29, 0.717) is 6.54 Å². The molecule has 18 heavy (non-hydrogen) atoms. The van der Waals surface area contributed by atoms with E-state index in [1.165, 1.54) is 6.07 Å². The normalized spacial score (nSPS) is 12.4. The van der Waals surface area contributed by atoms with Crippen LogP contribution in [0, 0.1) is 5.82 Å². The number of halogens is 2. The summed E-state index contributed by atoms with van der Waals surface area (Å²) in [6.45, 7) is 2.66. The van der Waals surface area contributed by atoms with Gasteiger partial charge in [-0.2, -0.15) is 0 Å². The van der Waals surface area contributed by atoms with Gasteiger partial charge in [0.1, 0.15) is 5.82 Å². The summed E-state index contributed by atoms with van der Waals surface area (Å²) in [4.78, 5) is 4.27. The molecule has 0 saturated carbocycles. The Morgan fingerprint density at radius 1 is 1.33 bits per heavy atom. The summed E-state index contributed by atoms with van der Waals surface area (Å²) in [6.07, 6.45) is 1.77. The molecule has 0 aliphatic heterocycles. The average molecular weight is 265 g/mol. The SMILES string of the molecule is C[C@@H](NCc1ccc(F)c(Cl)c1)c1ccccn1. The second-order valence-electron chi connectivity index (χ2n) is 4.11. The van der Waals surface area contributed by atoms with Crippen LogP contribution in [0.15, 0.2) is 42.6 Å². The van der Waals surface area contributed by atoms with Crippen molar-refractivity contribution in [3.8, 4) is 0 Å². The van der Waals surface area contributed by atoms with Crippen LogP contribution in [0.4, 0.5) is 4.39 Å². The van der Waals surface area contributed by atoms with Gasteiger partial charge in [-0.05, 0) is 36.8 Å². The Labute approximate surface area is 111 Å². The first kappa shape index (κ1) is 13.0. The van der Waals surface area contributed by atoms with E-state index in [1.807, 2.05) is 25.1 Å². The highest BCUT2D eigenvalue weighted by atomic mass is 35.5. The van der Waals surface area contributed by atoms with Crippen molar-refractivity contribution >= 4 is 11.6 Å². The van der Waals surface area contributed by atoms with Gasteiger partial charge in [-0.25, -0.2) is 4.39 Å². The van der Waals surface area contributed by atoms with Gasteiger partial charge in [0, 0.05) is 18.8 Å².